The first-order valence-corrected chi connectivity index (χ1v) is 6.75. The number of nitro benzene ring substituents is 1. The summed E-state index contributed by atoms with van der Waals surface area (Å²) in [6.45, 7) is 8.99. The number of hydrogen-bond acceptors (Lipinski definition) is 4. The van der Waals surface area contributed by atoms with Crippen molar-refractivity contribution in [2.75, 3.05) is 12.3 Å². The highest BCUT2D eigenvalue weighted by Gasteiger charge is 2.04. The van der Waals surface area contributed by atoms with Gasteiger partial charge in [-0.05, 0) is 12.1 Å². The van der Waals surface area contributed by atoms with Gasteiger partial charge in [0.1, 0.15) is 0 Å². The topological polar surface area (TPSA) is 55.2 Å². The van der Waals surface area contributed by atoms with Crippen molar-refractivity contribution in [2.24, 2.45) is 0 Å². The van der Waals surface area contributed by atoms with Crippen LogP contribution in [0.5, 0.6) is 0 Å². The third-order valence-corrected chi connectivity index (χ3v) is 3.41. The minimum Gasteiger partial charge on any atom is -0.311 e. The Kier molecular flexibility index (Phi) is 5.88. The third kappa shape index (κ3) is 5.33. The molecule has 1 rings (SSSR count). The SMILES string of the molecule is C=C(CNC(C)C)CSc1ccc([N+](=O)[O-])cc1. The van der Waals surface area contributed by atoms with E-state index in [-0.39, 0.29) is 10.6 Å². The maximum Gasteiger partial charge on any atom is 0.269 e. The van der Waals surface area contributed by atoms with Gasteiger partial charge in [-0.3, -0.25) is 10.1 Å². The fourth-order valence-electron chi connectivity index (χ4n) is 1.25. The van der Waals surface area contributed by atoms with Crippen LogP contribution in [0.3, 0.4) is 0 Å². The number of nitrogens with one attached hydrogen (secondary N) is 1. The number of thioether (sulfide) groups is 1. The lowest BCUT2D eigenvalue weighted by atomic mass is 10.3. The van der Waals surface area contributed by atoms with Gasteiger partial charge >= 0.3 is 0 Å². The molecule has 0 aliphatic heterocycles. The zero-order valence-electron chi connectivity index (χ0n) is 10.7. The molecule has 0 saturated carbocycles. The summed E-state index contributed by atoms with van der Waals surface area (Å²) in [6, 6.07) is 7.04. The van der Waals surface area contributed by atoms with Gasteiger partial charge in [-0.1, -0.05) is 26.0 Å². The second kappa shape index (κ2) is 7.18. The van der Waals surface area contributed by atoms with Gasteiger partial charge in [0.2, 0.25) is 0 Å². The number of nitrogens with zero attached hydrogens (tertiary/aromatic N) is 1. The van der Waals surface area contributed by atoms with Crippen LogP contribution in [0.2, 0.25) is 0 Å². The Balaban J connectivity index is 2.39. The summed E-state index contributed by atoms with van der Waals surface area (Å²) in [7, 11) is 0. The van der Waals surface area contributed by atoms with E-state index in [1.54, 1.807) is 23.9 Å². The van der Waals surface area contributed by atoms with E-state index >= 15 is 0 Å². The van der Waals surface area contributed by atoms with E-state index in [0.29, 0.717) is 6.04 Å². The third-order valence-electron chi connectivity index (χ3n) is 2.25. The van der Waals surface area contributed by atoms with Crippen LogP contribution in [0.15, 0.2) is 41.3 Å². The fraction of sp³-hybridized carbons (Fsp3) is 0.385. The molecule has 0 aliphatic carbocycles. The lowest BCUT2D eigenvalue weighted by molar-refractivity contribution is -0.384. The zero-order valence-corrected chi connectivity index (χ0v) is 11.5. The molecular weight excluding hydrogens is 248 g/mol. The first-order valence-electron chi connectivity index (χ1n) is 5.76. The van der Waals surface area contributed by atoms with Crippen LogP contribution in [0, 0.1) is 10.1 Å². The molecule has 18 heavy (non-hydrogen) atoms. The standard InChI is InChI=1S/C13H18N2O2S/c1-10(2)14-8-11(3)9-18-13-6-4-12(5-7-13)15(16)17/h4-7,10,14H,3,8-9H2,1-2H3. The Bertz CT molecular complexity index is 416. The Morgan fingerprint density at radius 3 is 2.56 bits per heavy atom. The molecule has 98 valence electrons. The van der Waals surface area contributed by atoms with Crippen molar-refractivity contribution in [3.8, 4) is 0 Å². The number of benzene rings is 1. The van der Waals surface area contributed by atoms with Crippen LogP contribution >= 0.6 is 11.8 Å². The summed E-state index contributed by atoms with van der Waals surface area (Å²) >= 11 is 1.64. The molecule has 0 fully saturated rings. The van der Waals surface area contributed by atoms with Gasteiger partial charge in [-0.25, -0.2) is 0 Å². The van der Waals surface area contributed by atoms with Crippen LogP contribution in [0.25, 0.3) is 0 Å². The largest absolute Gasteiger partial charge is 0.311 e. The van der Waals surface area contributed by atoms with E-state index in [9.17, 15) is 10.1 Å². The number of hydrogen-bond donors (Lipinski definition) is 1. The maximum atomic E-state index is 10.5. The molecule has 1 aromatic rings. The molecule has 4 nitrogen and oxygen atoms in total. The minimum absolute atomic E-state index is 0.125. The summed E-state index contributed by atoms with van der Waals surface area (Å²) in [4.78, 5) is 11.1. The Morgan fingerprint density at radius 1 is 1.44 bits per heavy atom. The summed E-state index contributed by atoms with van der Waals surface area (Å²) in [5.41, 5.74) is 1.24. The first-order chi connectivity index (χ1) is 8.49. The molecule has 0 atom stereocenters. The van der Waals surface area contributed by atoms with E-state index in [2.05, 4.69) is 25.7 Å². The molecule has 0 bridgehead atoms. The maximum absolute atomic E-state index is 10.5. The Hall–Kier alpha value is -1.33. The molecule has 0 unspecified atom stereocenters. The van der Waals surface area contributed by atoms with Gasteiger partial charge in [0, 0.05) is 35.4 Å². The highest BCUT2D eigenvalue weighted by molar-refractivity contribution is 7.99. The smallest absolute Gasteiger partial charge is 0.269 e. The van der Waals surface area contributed by atoms with E-state index in [0.717, 1.165) is 22.8 Å². The molecule has 1 aromatic carbocycles. The number of rotatable bonds is 7. The summed E-state index contributed by atoms with van der Waals surface area (Å²) in [5.74, 6) is 0.817. The van der Waals surface area contributed by atoms with Crippen LogP contribution < -0.4 is 5.32 Å². The monoisotopic (exact) mass is 266 g/mol. The molecule has 1 N–H and O–H groups in total. The summed E-state index contributed by atoms with van der Waals surface area (Å²) < 4.78 is 0. The van der Waals surface area contributed by atoms with Crippen LogP contribution in [0.4, 0.5) is 5.69 Å². The average molecular weight is 266 g/mol. The Morgan fingerprint density at radius 2 is 2.06 bits per heavy atom. The summed E-state index contributed by atoms with van der Waals surface area (Å²) in [6.07, 6.45) is 0. The van der Waals surface area contributed by atoms with Crippen molar-refractivity contribution < 1.29 is 4.92 Å². The van der Waals surface area contributed by atoms with E-state index < -0.39 is 0 Å². The van der Waals surface area contributed by atoms with E-state index in [4.69, 9.17) is 0 Å². The van der Waals surface area contributed by atoms with Crippen LogP contribution in [0.1, 0.15) is 13.8 Å². The van der Waals surface area contributed by atoms with E-state index in [1.807, 2.05) is 0 Å². The number of nitro groups is 1. The van der Waals surface area contributed by atoms with Crippen LogP contribution in [-0.2, 0) is 0 Å². The van der Waals surface area contributed by atoms with Gasteiger partial charge in [0.25, 0.3) is 5.69 Å². The zero-order chi connectivity index (χ0) is 13.5. The van der Waals surface area contributed by atoms with Crippen molar-refractivity contribution in [1.29, 1.82) is 0 Å². The minimum atomic E-state index is -0.389. The van der Waals surface area contributed by atoms with Crippen molar-refractivity contribution >= 4 is 17.4 Å². The van der Waals surface area contributed by atoms with Gasteiger partial charge in [-0.2, -0.15) is 0 Å². The molecule has 0 saturated heterocycles. The van der Waals surface area contributed by atoms with Crippen molar-refractivity contribution in [2.45, 2.75) is 24.8 Å². The van der Waals surface area contributed by atoms with Crippen molar-refractivity contribution in [3.63, 3.8) is 0 Å². The quantitative estimate of drug-likeness (QED) is 0.356. The van der Waals surface area contributed by atoms with E-state index in [1.165, 1.54) is 12.1 Å². The molecule has 5 heteroatoms. The van der Waals surface area contributed by atoms with Crippen molar-refractivity contribution in [3.05, 3.63) is 46.5 Å². The first kappa shape index (κ1) is 14.7. The normalized spacial score (nSPS) is 10.6. The highest BCUT2D eigenvalue weighted by Crippen LogP contribution is 2.22. The summed E-state index contributed by atoms with van der Waals surface area (Å²) in [5, 5.41) is 13.8. The lowest BCUT2D eigenvalue weighted by Crippen LogP contribution is -2.25. The van der Waals surface area contributed by atoms with Gasteiger partial charge < -0.3 is 5.32 Å². The average Bonchev–Trinajstić information content (AvgIpc) is 2.34. The molecule has 0 heterocycles. The second-order valence-corrected chi connectivity index (χ2v) is 5.37. The molecule has 0 radical (unpaired) electrons. The number of non-ortho nitro benzene ring substituents is 1. The van der Waals surface area contributed by atoms with Gasteiger partial charge in [0.05, 0.1) is 4.92 Å². The highest BCUT2D eigenvalue weighted by atomic mass is 32.2. The second-order valence-electron chi connectivity index (χ2n) is 4.33. The molecule has 0 spiro atoms. The molecule has 0 aromatic heterocycles. The predicted molar refractivity (Wildman–Crippen MR) is 76.1 cm³/mol. The fourth-order valence-corrected chi connectivity index (χ4v) is 2.05. The molecule has 0 amide bonds. The predicted octanol–water partition coefficient (Wildman–Crippen LogP) is 3.24. The molecular formula is C13H18N2O2S. The van der Waals surface area contributed by atoms with Crippen LogP contribution in [-0.4, -0.2) is 23.3 Å². The van der Waals surface area contributed by atoms with Crippen molar-refractivity contribution in [1.82, 2.24) is 5.32 Å². The van der Waals surface area contributed by atoms with Gasteiger partial charge in [0.15, 0.2) is 0 Å². The molecule has 0 aliphatic rings. The Labute approximate surface area is 112 Å². The van der Waals surface area contributed by atoms with Gasteiger partial charge in [-0.15, -0.1) is 11.8 Å². The lowest BCUT2D eigenvalue weighted by Gasteiger charge is -2.10.